The number of carboxylic acid groups (broad SMARTS) is 1. The summed E-state index contributed by atoms with van der Waals surface area (Å²) in [4.78, 5) is 10.4. The summed E-state index contributed by atoms with van der Waals surface area (Å²) >= 11 is 4.59. The quantitative estimate of drug-likeness (QED) is 0.578. The second kappa shape index (κ2) is 4.17. The van der Waals surface area contributed by atoms with Crippen LogP contribution in [0.15, 0.2) is 0 Å². The zero-order chi connectivity index (χ0) is 10.7. The van der Waals surface area contributed by atoms with Crippen LogP contribution in [0, 0.1) is 0 Å². The summed E-state index contributed by atoms with van der Waals surface area (Å²) in [6.07, 6.45) is -0.388. The third-order valence-electron chi connectivity index (χ3n) is 1.66. The Morgan fingerprint density at radius 2 is 2.00 bits per heavy atom. The average Bonchev–Trinajstić information content (AvgIpc) is 1.97. The maximum atomic E-state index is 12.6. The number of alkyl halides is 3. The summed E-state index contributed by atoms with van der Waals surface area (Å²) in [5.41, 5.74) is 7.27. The van der Waals surface area contributed by atoms with Crippen molar-refractivity contribution in [3.63, 3.8) is 0 Å². The lowest BCUT2D eigenvalue weighted by Crippen LogP contribution is -2.59. The average molecular weight is 217 g/mol. The highest BCUT2D eigenvalue weighted by Crippen LogP contribution is 2.34. The third-order valence-corrected chi connectivity index (χ3v) is 2.00. The number of aliphatic carboxylic acids is 1. The van der Waals surface area contributed by atoms with E-state index in [0.717, 1.165) is 0 Å². The van der Waals surface area contributed by atoms with E-state index in [1.165, 1.54) is 0 Å². The van der Waals surface area contributed by atoms with Crippen molar-refractivity contribution in [1.82, 2.24) is 0 Å². The third kappa shape index (κ3) is 2.75. The standard InChI is InChI=1S/C6H11ClF2N2O2/c7-6(8,9)5(11,4(12)13)2-1-3-10/h1-3,10-11H2,(H,12,13)/t5-/m1/s1. The molecule has 0 unspecified atom stereocenters. The largest absolute Gasteiger partial charge is 0.480 e. The fourth-order valence-electron chi connectivity index (χ4n) is 0.751. The van der Waals surface area contributed by atoms with Crippen LogP contribution in [0.3, 0.4) is 0 Å². The van der Waals surface area contributed by atoms with Gasteiger partial charge in [-0.1, -0.05) is 0 Å². The Balaban J connectivity index is 4.64. The molecular formula is C6H11ClF2N2O2. The number of hydrogen-bond acceptors (Lipinski definition) is 3. The topological polar surface area (TPSA) is 89.3 Å². The second-order valence-electron chi connectivity index (χ2n) is 2.67. The Bertz CT molecular complexity index is 198. The van der Waals surface area contributed by atoms with Crippen LogP contribution < -0.4 is 11.5 Å². The van der Waals surface area contributed by atoms with Crippen LogP contribution in [0.1, 0.15) is 12.8 Å². The number of hydrogen-bond donors (Lipinski definition) is 3. The summed E-state index contributed by atoms with van der Waals surface area (Å²) < 4.78 is 25.1. The van der Waals surface area contributed by atoms with Gasteiger partial charge in [-0.2, -0.15) is 8.78 Å². The molecule has 1 atom stereocenters. The first-order chi connectivity index (χ1) is 5.75. The first kappa shape index (κ1) is 12.5. The highest BCUT2D eigenvalue weighted by molar-refractivity contribution is 6.24. The van der Waals surface area contributed by atoms with Crippen molar-refractivity contribution < 1.29 is 18.7 Å². The van der Waals surface area contributed by atoms with E-state index in [1.54, 1.807) is 0 Å². The van der Waals surface area contributed by atoms with Gasteiger partial charge in [-0.15, -0.1) is 0 Å². The molecule has 0 aromatic rings. The molecule has 0 saturated carbocycles. The maximum Gasteiger partial charge on any atom is 0.350 e. The van der Waals surface area contributed by atoms with Gasteiger partial charge in [-0.05, 0) is 31.0 Å². The van der Waals surface area contributed by atoms with Gasteiger partial charge in [0.2, 0.25) is 0 Å². The predicted molar refractivity (Wildman–Crippen MR) is 43.6 cm³/mol. The zero-order valence-corrected chi connectivity index (χ0v) is 7.52. The van der Waals surface area contributed by atoms with Crippen LogP contribution in [0.5, 0.6) is 0 Å². The van der Waals surface area contributed by atoms with Gasteiger partial charge in [0.05, 0.1) is 0 Å². The molecule has 0 rings (SSSR count). The maximum absolute atomic E-state index is 12.6. The minimum Gasteiger partial charge on any atom is -0.480 e. The summed E-state index contributed by atoms with van der Waals surface area (Å²) in [5, 5.41) is 4.49. The molecule has 13 heavy (non-hydrogen) atoms. The fourth-order valence-corrected chi connectivity index (χ4v) is 0.926. The van der Waals surface area contributed by atoms with Gasteiger partial charge in [-0.3, -0.25) is 0 Å². The Kier molecular flexibility index (Phi) is 4.02. The summed E-state index contributed by atoms with van der Waals surface area (Å²) in [5.74, 6) is -1.83. The molecule has 0 bridgehead atoms. The Morgan fingerprint density at radius 3 is 2.23 bits per heavy atom. The van der Waals surface area contributed by atoms with Crippen molar-refractivity contribution in [3.8, 4) is 0 Å². The van der Waals surface area contributed by atoms with Crippen molar-refractivity contribution in [1.29, 1.82) is 0 Å². The highest BCUT2D eigenvalue weighted by Gasteiger charge is 2.55. The minimum absolute atomic E-state index is 0.0745. The number of carbonyl (C=O) groups is 1. The lowest BCUT2D eigenvalue weighted by Gasteiger charge is -2.28. The van der Waals surface area contributed by atoms with Crippen molar-refractivity contribution in [2.75, 3.05) is 6.54 Å². The van der Waals surface area contributed by atoms with E-state index in [2.05, 4.69) is 11.6 Å². The highest BCUT2D eigenvalue weighted by atomic mass is 35.5. The van der Waals surface area contributed by atoms with E-state index in [0.29, 0.717) is 0 Å². The Hall–Kier alpha value is -0.460. The van der Waals surface area contributed by atoms with E-state index in [-0.39, 0.29) is 13.0 Å². The van der Waals surface area contributed by atoms with Crippen LogP contribution in [-0.2, 0) is 4.79 Å². The molecule has 0 aliphatic rings. The van der Waals surface area contributed by atoms with Gasteiger partial charge in [-0.25, -0.2) is 4.79 Å². The molecular weight excluding hydrogens is 206 g/mol. The first-order valence-corrected chi connectivity index (χ1v) is 3.92. The fraction of sp³-hybridized carbons (Fsp3) is 0.833. The molecule has 4 nitrogen and oxygen atoms in total. The lowest BCUT2D eigenvalue weighted by molar-refractivity contribution is -0.153. The zero-order valence-electron chi connectivity index (χ0n) is 6.77. The second-order valence-corrected chi connectivity index (χ2v) is 3.14. The Labute approximate surface area is 78.8 Å². The molecule has 0 aliphatic heterocycles. The lowest BCUT2D eigenvalue weighted by atomic mass is 9.95. The number of rotatable bonds is 5. The van der Waals surface area contributed by atoms with Crippen LogP contribution in [0.2, 0.25) is 0 Å². The predicted octanol–water partition coefficient (Wildman–Crippen LogP) is 0.339. The van der Waals surface area contributed by atoms with Gasteiger partial charge in [0.1, 0.15) is 0 Å². The molecule has 0 spiro atoms. The normalized spacial score (nSPS) is 16.7. The van der Waals surface area contributed by atoms with Crippen LogP contribution in [0.25, 0.3) is 0 Å². The number of carboxylic acids is 1. The van der Waals surface area contributed by atoms with Gasteiger partial charge in [0, 0.05) is 0 Å². The molecule has 78 valence electrons. The molecule has 0 fully saturated rings. The van der Waals surface area contributed by atoms with Crippen molar-refractivity contribution in [3.05, 3.63) is 0 Å². The van der Waals surface area contributed by atoms with Crippen molar-refractivity contribution in [2.45, 2.75) is 23.8 Å². The van der Waals surface area contributed by atoms with Gasteiger partial charge < -0.3 is 16.6 Å². The molecule has 0 heterocycles. The molecule has 5 N–H and O–H groups in total. The van der Waals surface area contributed by atoms with Crippen LogP contribution in [0.4, 0.5) is 8.78 Å². The van der Waals surface area contributed by atoms with E-state index >= 15 is 0 Å². The SMILES string of the molecule is NCCC[C@@](N)(C(=O)O)C(F)(F)Cl. The molecule has 0 aromatic heterocycles. The van der Waals surface area contributed by atoms with Crippen LogP contribution in [-0.4, -0.2) is 28.5 Å². The summed E-state index contributed by atoms with van der Waals surface area (Å²) in [6, 6.07) is 0. The molecule has 0 aliphatic carbocycles. The Morgan fingerprint density at radius 1 is 1.54 bits per heavy atom. The molecule has 0 saturated heterocycles. The van der Waals surface area contributed by atoms with E-state index < -0.39 is 23.3 Å². The van der Waals surface area contributed by atoms with Crippen molar-refractivity contribution in [2.24, 2.45) is 11.5 Å². The summed E-state index contributed by atoms with van der Waals surface area (Å²) in [7, 11) is 0. The molecule has 0 aromatic carbocycles. The van der Waals surface area contributed by atoms with Gasteiger partial charge in [0.25, 0.3) is 0 Å². The van der Waals surface area contributed by atoms with E-state index in [1.807, 2.05) is 0 Å². The number of halogens is 3. The van der Waals surface area contributed by atoms with Gasteiger partial charge >= 0.3 is 11.4 Å². The van der Waals surface area contributed by atoms with Crippen molar-refractivity contribution >= 4 is 17.6 Å². The smallest absolute Gasteiger partial charge is 0.350 e. The van der Waals surface area contributed by atoms with Crippen LogP contribution >= 0.6 is 11.6 Å². The van der Waals surface area contributed by atoms with Gasteiger partial charge in [0.15, 0.2) is 5.54 Å². The number of nitrogens with two attached hydrogens (primary N) is 2. The molecule has 0 amide bonds. The molecule has 0 radical (unpaired) electrons. The molecule has 7 heteroatoms. The first-order valence-electron chi connectivity index (χ1n) is 3.55. The van der Waals surface area contributed by atoms with E-state index in [9.17, 15) is 13.6 Å². The monoisotopic (exact) mass is 216 g/mol. The summed E-state index contributed by atoms with van der Waals surface area (Å²) in [6.45, 7) is 0.0825. The minimum atomic E-state index is -3.98. The van der Waals surface area contributed by atoms with E-state index in [4.69, 9.17) is 16.6 Å².